The molecule has 0 radical (unpaired) electrons. The van der Waals surface area contributed by atoms with Gasteiger partial charge in [0.05, 0.1) is 11.9 Å². The molecule has 1 unspecified atom stereocenters. The summed E-state index contributed by atoms with van der Waals surface area (Å²) < 4.78 is 0. The first-order valence-electron chi connectivity index (χ1n) is 6.41. The molecule has 108 valence electrons. The Kier molecular flexibility index (Phi) is 8.61. The van der Waals surface area contributed by atoms with E-state index in [2.05, 4.69) is 11.1 Å². The minimum Gasteiger partial charge on any atom is -0.399 e. The third-order valence-corrected chi connectivity index (χ3v) is 3.37. The summed E-state index contributed by atoms with van der Waals surface area (Å²) in [6.45, 7) is 0. The lowest BCUT2D eigenvalue weighted by molar-refractivity contribution is 0.554. The van der Waals surface area contributed by atoms with Gasteiger partial charge in [-0.3, -0.25) is 4.99 Å². The van der Waals surface area contributed by atoms with Crippen molar-refractivity contribution in [1.29, 1.82) is 0 Å². The second-order valence-corrected chi connectivity index (χ2v) is 4.76. The molecule has 1 aromatic carbocycles. The first kappa shape index (κ1) is 18.1. The first-order chi connectivity index (χ1) is 8.25. The molecule has 1 aliphatic heterocycles. The van der Waals surface area contributed by atoms with Crippen LogP contribution in [0.5, 0.6) is 0 Å². The third kappa shape index (κ3) is 5.70. The van der Waals surface area contributed by atoms with Crippen LogP contribution >= 0.6 is 24.8 Å². The predicted molar refractivity (Wildman–Crippen MR) is 87.5 cm³/mol. The fourth-order valence-electron chi connectivity index (χ4n) is 2.34. The molecule has 0 amide bonds. The zero-order chi connectivity index (χ0) is 12.1. The van der Waals surface area contributed by atoms with Gasteiger partial charge < -0.3 is 11.5 Å². The van der Waals surface area contributed by atoms with E-state index in [4.69, 9.17) is 11.5 Å². The van der Waals surface area contributed by atoms with E-state index in [1.54, 1.807) is 0 Å². The maximum absolute atomic E-state index is 5.93. The van der Waals surface area contributed by atoms with Crippen LogP contribution in [0, 0.1) is 0 Å². The van der Waals surface area contributed by atoms with Gasteiger partial charge in [-0.2, -0.15) is 0 Å². The maximum atomic E-state index is 5.93. The first-order valence-corrected chi connectivity index (χ1v) is 6.41. The normalized spacial score (nSPS) is 18.5. The number of aryl methyl sites for hydroxylation is 1. The van der Waals surface area contributed by atoms with Crippen LogP contribution in [0.15, 0.2) is 29.3 Å². The van der Waals surface area contributed by atoms with Crippen molar-refractivity contribution >= 4 is 36.3 Å². The molecular weight excluding hydrogens is 281 g/mol. The third-order valence-electron chi connectivity index (χ3n) is 3.37. The molecule has 3 nitrogen and oxygen atoms in total. The van der Waals surface area contributed by atoms with Crippen LogP contribution < -0.4 is 11.5 Å². The van der Waals surface area contributed by atoms with Crippen LogP contribution in [0.4, 0.5) is 5.69 Å². The number of nitrogens with two attached hydrogens (primary N) is 2. The Morgan fingerprint density at radius 3 is 2.58 bits per heavy atom. The Hall–Kier alpha value is -0.930. The number of nitrogens with zero attached hydrogens (tertiary/aromatic N) is 1. The van der Waals surface area contributed by atoms with E-state index in [1.807, 2.05) is 18.2 Å². The molecule has 0 bridgehead atoms. The van der Waals surface area contributed by atoms with Crippen LogP contribution in [0.2, 0.25) is 0 Å². The maximum Gasteiger partial charge on any atom is 0.0940 e. The molecule has 0 saturated heterocycles. The van der Waals surface area contributed by atoms with Crippen molar-refractivity contribution in [3.63, 3.8) is 0 Å². The topological polar surface area (TPSA) is 64.4 Å². The number of anilines is 1. The number of aliphatic imine (C=N–C) groups is 1. The second-order valence-electron chi connectivity index (χ2n) is 4.76. The number of para-hydroxylation sites is 1. The lowest BCUT2D eigenvalue weighted by Gasteiger charge is -2.11. The van der Waals surface area contributed by atoms with Crippen molar-refractivity contribution in [2.24, 2.45) is 10.7 Å². The largest absolute Gasteiger partial charge is 0.399 e. The van der Waals surface area contributed by atoms with Crippen molar-refractivity contribution in [1.82, 2.24) is 0 Å². The van der Waals surface area contributed by atoms with Crippen LogP contribution in [0.25, 0.3) is 0 Å². The Balaban J connectivity index is 0.00000162. The van der Waals surface area contributed by atoms with E-state index in [-0.39, 0.29) is 24.8 Å². The Labute approximate surface area is 127 Å². The summed E-state index contributed by atoms with van der Waals surface area (Å²) in [5, 5.41) is 0. The number of hydrogen-bond acceptors (Lipinski definition) is 3. The van der Waals surface area contributed by atoms with Gasteiger partial charge >= 0.3 is 0 Å². The average molecular weight is 304 g/mol. The van der Waals surface area contributed by atoms with Crippen LogP contribution in [0.3, 0.4) is 0 Å². The van der Waals surface area contributed by atoms with E-state index in [0.717, 1.165) is 37.2 Å². The lowest BCUT2D eigenvalue weighted by Crippen LogP contribution is -2.14. The highest BCUT2D eigenvalue weighted by Crippen LogP contribution is 2.19. The van der Waals surface area contributed by atoms with E-state index < -0.39 is 0 Å². The van der Waals surface area contributed by atoms with Gasteiger partial charge in [0.1, 0.15) is 0 Å². The number of rotatable bonds is 3. The molecule has 4 N–H and O–H groups in total. The van der Waals surface area contributed by atoms with Gasteiger partial charge in [-0.1, -0.05) is 24.6 Å². The highest BCUT2D eigenvalue weighted by Gasteiger charge is 2.12. The molecular formula is C14H23Cl2N3. The van der Waals surface area contributed by atoms with Gasteiger partial charge in [0.15, 0.2) is 0 Å². The average Bonchev–Trinajstić information content (AvgIpc) is 2.53. The molecule has 2 rings (SSSR count). The molecule has 1 heterocycles. The summed E-state index contributed by atoms with van der Waals surface area (Å²) in [5.74, 6) is 0.827. The van der Waals surface area contributed by atoms with Gasteiger partial charge in [-0.05, 0) is 37.3 Å². The summed E-state index contributed by atoms with van der Waals surface area (Å²) in [7, 11) is 0. The summed E-state index contributed by atoms with van der Waals surface area (Å²) in [6, 6.07) is 8.45. The number of nitrogen functional groups attached to an aromatic ring is 1. The number of amidine groups is 1. The molecule has 0 aromatic heterocycles. The van der Waals surface area contributed by atoms with Crippen molar-refractivity contribution in [2.45, 2.75) is 44.6 Å². The summed E-state index contributed by atoms with van der Waals surface area (Å²) >= 11 is 0. The molecule has 0 fully saturated rings. The Morgan fingerprint density at radius 1 is 1.11 bits per heavy atom. The van der Waals surface area contributed by atoms with Gasteiger partial charge in [0.2, 0.25) is 0 Å². The molecule has 0 spiro atoms. The second kappa shape index (κ2) is 9.05. The van der Waals surface area contributed by atoms with Gasteiger partial charge in [0.25, 0.3) is 0 Å². The molecule has 19 heavy (non-hydrogen) atoms. The molecule has 1 aromatic rings. The van der Waals surface area contributed by atoms with Gasteiger partial charge in [-0.15, -0.1) is 24.8 Å². The number of benzene rings is 1. The van der Waals surface area contributed by atoms with E-state index in [1.165, 1.54) is 18.4 Å². The van der Waals surface area contributed by atoms with Crippen molar-refractivity contribution in [3.8, 4) is 0 Å². The molecule has 1 atom stereocenters. The summed E-state index contributed by atoms with van der Waals surface area (Å²) in [4.78, 5) is 4.57. The van der Waals surface area contributed by atoms with Crippen molar-refractivity contribution < 1.29 is 0 Å². The predicted octanol–water partition coefficient (Wildman–Crippen LogP) is 3.34. The lowest BCUT2D eigenvalue weighted by atomic mass is 10.0. The number of halogens is 2. The smallest absolute Gasteiger partial charge is 0.0940 e. The van der Waals surface area contributed by atoms with Gasteiger partial charge in [0, 0.05) is 12.1 Å². The minimum atomic E-state index is 0. The molecule has 1 aliphatic rings. The number of hydrogen-bond donors (Lipinski definition) is 2. The molecule has 5 heteroatoms. The quantitative estimate of drug-likeness (QED) is 0.841. The van der Waals surface area contributed by atoms with E-state index in [0.29, 0.717) is 6.04 Å². The molecule has 0 saturated carbocycles. The highest BCUT2D eigenvalue weighted by atomic mass is 35.5. The van der Waals surface area contributed by atoms with Crippen molar-refractivity contribution in [2.75, 3.05) is 5.73 Å². The summed E-state index contributed by atoms with van der Waals surface area (Å²) in [6.07, 6.45) is 6.58. The standard InChI is InChI=1S/C14H21N3.2ClH/c15-13-7-3-1-5-11(13)9-10-12-6-2-4-8-14(16)17-12;;/h1,3,5,7,12H,2,4,6,8-10,15H2,(H2,16,17);2*1H. The van der Waals surface area contributed by atoms with Crippen LogP contribution in [0.1, 0.15) is 37.7 Å². The highest BCUT2D eigenvalue weighted by molar-refractivity contribution is 5.85. The summed E-state index contributed by atoms with van der Waals surface area (Å²) in [5.41, 5.74) is 13.9. The van der Waals surface area contributed by atoms with E-state index >= 15 is 0 Å². The van der Waals surface area contributed by atoms with E-state index in [9.17, 15) is 0 Å². The Morgan fingerprint density at radius 2 is 1.84 bits per heavy atom. The van der Waals surface area contributed by atoms with Crippen LogP contribution in [-0.4, -0.2) is 11.9 Å². The zero-order valence-corrected chi connectivity index (χ0v) is 12.7. The van der Waals surface area contributed by atoms with Crippen LogP contribution in [-0.2, 0) is 6.42 Å². The van der Waals surface area contributed by atoms with Crippen molar-refractivity contribution in [3.05, 3.63) is 29.8 Å². The minimum absolute atomic E-state index is 0. The zero-order valence-electron chi connectivity index (χ0n) is 11.0. The fraction of sp³-hybridized carbons (Fsp3) is 0.500. The van der Waals surface area contributed by atoms with Gasteiger partial charge in [-0.25, -0.2) is 0 Å². The molecule has 0 aliphatic carbocycles. The Bertz CT molecular complexity index is 407. The SMILES string of the molecule is Cl.Cl.NC1=NC(CCc2ccccc2N)CCCC1. The fourth-order valence-corrected chi connectivity index (χ4v) is 2.34. The monoisotopic (exact) mass is 303 g/mol.